The molecule has 0 N–H and O–H groups in total. The number of carbonyl (C=O) groups excluding carboxylic acids is 1. The van der Waals surface area contributed by atoms with Gasteiger partial charge in [0.2, 0.25) is 0 Å². The smallest absolute Gasteiger partial charge is 0.256 e. The molecule has 1 unspecified atom stereocenters. The van der Waals surface area contributed by atoms with Gasteiger partial charge in [0.05, 0.1) is 5.56 Å². The third kappa shape index (κ3) is 2.80. The number of thioether (sulfide) groups is 1. The first-order chi connectivity index (χ1) is 8.08. The standard InChI is InChI=1S/C13H16FNOS/c1-9-3-4-11(12(14)7-9)13(16)15-5-6-17-10(2)8-15/h3-4,7,10H,5-6,8H2,1-2H3. The van der Waals surface area contributed by atoms with Gasteiger partial charge in [0, 0.05) is 24.1 Å². The van der Waals surface area contributed by atoms with Gasteiger partial charge in [-0.2, -0.15) is 11.8 Å². The summed E-state index contributed by atoms with van der Waals surface area (Å²) in [6, 6.07) is 4.77. The Bertz CT molecular complexity index is 435. The van der Waals surface area contributed by atoms with Gasteiger partial charge < -0.3 is 4.90 Å². The molecule has 0 aromatic heterocycles. The lowest BCUT2D eigenvalue weighted by Gasteiger charge is -2.30. The number of carbonyl (C=O) groups is 1. The van der Waals surface area contributed by atoms with Crippen LogP contribution >= 0.6 is 11.8 Å². The Morgan fingerprint density at radius 2 is 2.29 bits per heavy atom. The van der Waals surface area contributed by atoms with Gasteiger partial charge in [-0.05, 0) is 24.6 Å². The molecule has 1 fully saturated rings. The van der Waals surface area contributed by atoms with E-state index in [-0.39, 0.29) is 11.5 Å². The third-order valence-electron chi connectivity index (χ3n) is 2.88. The highest BCUT2D eigenvalue weighted by Gasteiger charge is 2.24. The minimum atomic E-state index is -0.416. The number of halogens is 1. The average Bonchev–Trinajstić information content (AvgIpc) is 2.28. The molecule has 0 aliphatic carbocycles. The van der Waals surface area contributed by atoms with Crippen LogP contribution in [0.25, 0.3) is 0 Å². The molecule has 1 amide bonds. The van der Waals surface area contributed by atoms with Crippen molar-refractivity contribution in [1.82, 2.24) is 4.90 Å². The highest BCUT2D eigenvalue weighted by atomic mass is 32.2. The summed E-state index contributed by atoms with van der Waals surface area (Å²) in [5.74, 6) is 0.330. The lowest BCUT2D eigenvalue weighted by molar-refractivity contribution is 0.0758. The molecule has 0 radical (unpaired) electrons. The van der Waals surface area contributed by atoms with Crippen LogP contribution in [0.3, 0.4) is 0 Å². The van der Waals surface area contributed by atoms with Crippen molar-refractivity contribution in [2.45, 2.75) is 19.1 Å². The minimum absolute atomic E-state index is 0.186. The fraction of sp³-hybridized carbons (Fsp3) is 0.462. The summed E-state index contributed by atoms with van der Waals surface area (Å²) >= 11 is 1.85. The van der Waals surface area contributed by atoms with E-state index in [1.807, 2.05) is 18.7 Å². The van der Waals surface area contributed by atoms with Gasteiger partial charge in [-0.25, -0.2) is 4.39 Å². The molecule has 2 rings (SSSR count). The maximum absolute atomic E-state index is 13.7. The Hall–Kier alpha value is -1.03. The maximum Gasteiger partial charge on any atom is 0.256 e. The first-order valence-electron chi connectivity index (χ1n) is 5.75. The van der Waals surface area contributed by atoms with Crippen molar-refractivity contribution >= 4 is 17.7 Å². The summed E-state index contributed by atoms with van der Waals surface area (Å²) < 4.78 is 13.7. The monoisotopic (exact) mass is 253 g/mol. The number of benzene rings is 1. The topological polar surface area (TPSA) is 20.3 Å². The highest BCUT2D eigenvalue weighted by Crippen LogP contribution is 2.20. The van der Waals surface area contributed by atoms with Crippen molar-refractivity contribution < 1.29 is 9.18 Å². The Labute approximate surface area is 105 Å². The largest absolute Gasteiger partial charge is 0.337 e. The molecule has 0 spiro atoms. The molecule has 1 aliphatic rings. The fourth-order valence-electron chi connectivity index (χ4n) is 1.97. The van der Waals surface area contributed by atoms with E-state index in [1.165, 1.54) is 6.07 Å². The molecule has 1 aliphatic heterocycles. The Morgan fingerprint density at radius 1 is 1.53 bits per heavy atom. The van der Waals surface area contributed by atoms with Crippen LogP contribution in [0, 0.1) is 12.7 Å². The van der Waals surface area contributed by atoms with Gasteiger partial charge in [-0.1, -0.05) is 13.0 Å². The molecule has 1 aromatic carbocycles. The normalized spacial score (nSPS) is 20.4. The predicted octanol–water partition coefficient (Wildman–Crippen LogP) is 2.71. The summed E-state index contributed by atoms with van der Waals surface area (Å²) in [7, 11) is 0. The van der Waals surface area contributed by atoms with E-state index < -0.39 is 5.82 Å². The van der Waals surface area contributed by atoms with Crippen LogP contribution in [-0.2, 0) is 0 Å². The summed E-state index contributed by atoms with van der Waals surface area (Å²) in [4.78, 5) is 13.9. The summed E-state index contributed by atoms with van der Waals surface area (Å²) in [6.07, 6.45) is 0. The summed E-state index contributed by atoms with van der Waals surface area (Å²) in [6.45, 7) is 5.32. The van der Waals surface area contributed by atoms with Crippen molar-refractivity contribution in [3.05, 3.63) is 35.1 Å². The van der Waals surface area contributed by atoms with Crippen molar-refractivity contribution in [2.24, 2.45) is 0 Å². The Kier molecular flexibility index (Phi) is 3.72. The first kappa shape index (κ1) is 12.4. The van der Waals surface area contributed by atoms with Gasteiger partial charge in [0.15, 0.2) is 0 Å². The number of aryl methyl sites for hydroxylation is 1. The van der Waals surface area contributed by atoms with Crippen LogP contribution in [-0.4, -0.2) is 34.9 Å². The summed E-state index contributed by atoms with van der Waals surface area (Å²) in [5, 5.41) is 0.432. The first-order valence-corrected chi connectivity index (χ1v) is 6.80. The van der Waals surface area contributed by atoms with E-state index in [4.69, 9.17) is 0 Å². The van der Waals surface area contributed by atoms with Crippen LogP contribution in [0.15, 0.2) is 18.2 Å². The molecule has 92 valence electrons. The van der Waals surface area contributed by atoms with E-state index in [0.29, 0.717) is 18.3 Å². The number of amides is 1. The molecular formula is C13H16FNOS. The molecule has 1 saturated heterocycles. The van der Waals surface area contributed by atoms with Crippen molar-refractivity contribution in [1.29, 1.82) is 0 Å². The molecule has 1 atom stereocenters. The van der Waals surface area contributed by atoms with Crippen molar-refractivity contribution in [2.75, 3.05) is 18.8 Å². The third-order valence-corrected chi connectivity index (χ3v) is 4.02. The Balaban J connectivity index is 2.18. The van der Waals surface area contributed by atoms with E-state index in [9.17, 15) is 9.18 Å². The van der Waals surface area contributed by atoms with Gasteiger partial charge in [-0.15, -0.1) is 0 Å². The fourth-order valence-corrected chi connectivity index (χ4v) is 2.98. The van der Waals surface area contributed by atoms with Crippen molar-refractivity contribution in [3.8, 4) is 0 Å². The molecule has 0 saturated carbocycles. The van der Waals surface area contributed by atoms with Crippen LogP contribution < -0.4 is 0 Å². The number of nitrogens with zero attached hydrogens (tertiary/aromatic N) is 1. The van der Waals surface area contributed by atoms with Crippen LogP contribution in [0.1, 0.15) is 22.8 Å². The molecular weight excluding hydrogens is 237 g/mol. The van der Waals surface area contributed by atoms with E-state index in [0.717, 1.165) is 11.3 Å². The predicted molar refractivity (Wildman–Crippen MR) is 69.0 cm³/mol. The second kappa shape index (κ2) is 5.08. The van der Waals surface area contributed by atoms with Gasteiger partial charge >= 0.3 is 0 Å². The highest BCUT2D eigenvalue weighted by molar-refractivity contribution is 7.99. The quantitative estimate of drug-likeness (QED) is 0.767. The second-order valence-electron chi connectivity index (χ2n) is 4.42. The Morgan fingerprint density at radius 3 is 2.94 bits per heavy atom. The molecule has 17 heavy (non-hydrogen) atoms. The van der Waals surface area contributed by atoms with Gasteiger partial charge in [-0.3, -0.25) is 4.79 Å². The number of rotatable bonds is 1. The molecule has 2 nitrogen and oxygen atoms in total. The number of hydrogen-bond acceptors (Lipinski definition) is 2. The zero-order valence-corrected chi connectivity index (χ0v) is 10.9. The second-order valence-corrected chi connectivity index (χ2v) is 5.96. The molecule has 4 heteroatoms. The van der Waals surface area contributed by atoms with Crippen LogP contribution in [0.2, 0.25) is 0 Å². The molecule has 1 heterocycles. The molecule has 1 aromatic rings. The van der Waals surface area contributed by atoms with E-state index in [1.54, 1.807) is 17.0 Å². The van der Waals surface area contributed by atoms with Crippen LogP contribution in [0.4, 0.5) is 4.39 Å². The minimum Gasteiger partial charge on any atom is -0.337 e. The average molecular weight is 253 g/mol. The number of hydrogen-bond donors (Lipinski definition) is 0. The lowest BCUT2D eigenvalue weighted by Crippen LogP contribution is -2.41. The van der Waals surface area contributed by atoms with Crippen LogP contribution in [0.5, 0.6) is 0 Å². The van der Waals surface area contributed by atoms with E-state index >= 15 is 0 Å². The van der Waals surface area contributed by atoms with Gasteiger partial charge in [0.25, 0.3) is 5.91 Å². The van der Waals surface area contributed by atoms with Crippen molar-refractivity contribution in [3.63, 3.8) is 0 Å². The molecule has 0 bridgehead atoms. The van der Waals surface area contributed by atoms with Gasteiger partial charge in [0.1, 0.15) is 5.82 Å². The lowest BCUT2D eigenvalue weighted by atomic mass is 10.1. The maximum atomic E-state index is 13.7. The van der Waals surface area contributed by atoms with E-state index in [2.05, 4.69) is 6.92 Å². The summed E-state index contributed by atoms with van der Waals surface area (Å²) in [5.41, 5.74) is 1.02. The zero-order valence-electron chi connectivity index (χ0n) is 10.1. The SMILES string of the molecule is Cc1ccc(C(=O)N2CCSC(C)C2)c(F)c1. The zero-order chi connectivity index (χ0) is 12.4.